The van der Waals surface area contributed by atoms with Crippen molar-refractivity contribution in [1.29, 1.82) is 0 Å². The first kappa shape index (κ1) is 29.1. The highest BCUT2D eigenvalue weighted by Crippen LogP contribution is 2.37. The first-order valence-corrected chi connectivity index (χ1v) is 12.3. The largest absolute Gasteiger partial charge is 0.416 e. The summed E-state index contributed by atoms with van der Waals surface area (Å²) >= 11 is 0. The fourth-order valence-corrected chi connectivity index (χ4v) is 4.25. The Bertz CT molecular complexity index is 1340. The lowest BCUT2D eigenvalue weighted by atomic mass is 10.0. The van der Waals surface area contributed by atoms with Gasteiger partial charge < -0.3 is 19.4 Å². The van der Waals surface area contributed by atoms with Gasteiger partial charge in [0.05, 0.1) is 17.3 Å². The van der Waals surface area contributed by atoms with Gasteiger partial charge in [0.15, 0.2) is 5.75 Å². The lowest BCUT2D eigenvalue weighted by Crippen LogP contribution is -2.45. The Kier molecular flexibility index (Phi) is 8.24. The minimum Gasteiger partial charge on any atom is -0.406 e. The molecule has 1 amide bonds. The Hall–Kier alpha value is -3.87. The van der Waals surface area contributed by atoms with E-state index < -0.39 is 36.1 Å². The fraction of sp³-hybridized carbons (Fsp3) is 0.370. The number of ether oxygens (including phenoxy) is 1. The van der Waals surface area contributed by atoms with Crippen LogP contribution in [0.1, 0.15) is 22.3 Å². The molecule has 1 aliphatic heterocycles. The molecule has 1 fully saturated rings. The van der Waals surface area contributed by atoms with Crippen LogP contribution in [0.25, 0.3) is 11.3 Å². The number of piperazine rings is 1. The number of hydrogen-bond acceptors (Lipinski definition) is 6. The van der Waals surface area contributed by atoms with Crippen LogP contribution in [0.15, 0.2) is 48.7 Å². The van der Waals surface area contributed by atoms with Crippen LogP contribution in [0.2, 0.25) is 0 Å². The molecule has 0 N–H and O–H groups in total. The predicted molar refractivity (Wildman–Crippen MR) is 136 cm³/mol. The maximum Gasteiger partial charge on any atom is 0.416 e. The maximum atomic E-state index is 13.3. The molecule has 40 heavy (non-hydrogen) atoms. The zero-order valence-electron chi connectivity index (χ0n) is 22.0. The zero-order chi connectivity index (χ0) is 29.2. The van der Waals surface area contributed by atoms with E-state index in [-0.39, 0.29) is 17.4 Å². The van der Waals surface area contributed by atoms with Gasteiger partial charge in [0.25, 0.3) is 0 Å². The highest BCUT2D eigenvalue weighted by atomic mass is 19.4. The van der Waals surface area contributed by atoms with Crippen molar-refractivity contribution >= 4 is 12.0 Å². The summed E-state index contributed by atoms with van der Waals surface area (Å²) in [5.41, 5.74) is -1.43. The van der Waals surface area contributed by atoms with E-state index in [4.69, 9.17) is 4.74 Å². The van der Waals surface area contributed by atoms with Gasteiger partial charge in [0, 0.05) is 45.3 Å². The summed E-state index contributed by atoms with van der Waals surface area (Å²) in [5, 5.41) is 0. The molecule has 1 aliphatic rings. The zero-order valence-corrected chi connectivity index (χ0v) is 22.0. The second-order valence-corrected chi connectivity index (χ2v) is 9.63. The van der Waals surface area contributed by atoms with Gasteiger partial charge >= 0.3 is 18.4 Å². The van der Waals surface area contributed by atoms with E-state index in [2.05, 4.69) is 14.9 Å². The summed E-state index contributed by atoms with van der Waals surface area (Å²) in [6.07, 6.45) is -9.65. The molecule has 4 rings (SSSR count). The van der Waals surface area contributed by atoms with Crippen molar-refractivity contribution in [3.05, 3.63) is 70.9 Å². The fourth-order valence-electron chi connectivity index (χ4n) is 4.25. The maximum absolute atomic E-state index is 13.3. The van der Waals surface area contributed by atoms with E-state index in [0.29, 0.717) is 42.4 Å². The number of amides is 1. The molecule has 0 bridgehead atoms. The molecule has 0 atom stereocenters. The van der Waals surface area contributed by atoms with Crippen molar-refractivity contribution in [3.63, 3.8) is 0 Å². The van der Waals surface area contributed by atoms with Gasteiger partial charge in [0.2, 0.25) is 5.95 Å². The van der Waals surface area contributed by atoms with Crippen LogP contribution in [0.3, 0.4) is 0 Å². The molecule has 2 aromatic carbocycles. The minimum absolute atomic E-state index is 0.00375. The first-order valence-electron chi connectivity index (χ1n) is 12.3. The van der Waals surface area contributed by atoms with Crippen molar-refractivity contribution in [1.82, 2.24) is 19.8 Å². The van der Waals surface area contributed by atoms with E-state index in [1.54, 1.807) is 12.1 Å². The number of carbonyl (C=O) groups excluding carboxylic acids is 1. The van der Waals surface area contributed by atoms with Gasteiger partial charge in [-0.15, -0.1) is 0 Å². The van der Waals surface area contributed by atoms with Crippen LogP contribution >= 0.6 is 0 Å². The summed E-state index contributed by atoms with van der Waals surface area (Å²) < 4.78 is 85.0. The Labute approximate surface area is 227 Å². The summed E-state index contributed by atoms with van der Waals surface area (Å²) in [5.74, 6) is 0.451. The van der Waals surface area contributed by atoms with Crippen molar-refractivity contribution in [2.24, 2.45) is 0 Å². The summed E-state index contributed by atoms with van der Waals surface area (Å²) in [4.78, 5) is 27.1. The number of aromatic nitrogens is 2. The number of benzene rings is 2. The van der Waals surface area contributed by atoms with Crippen molar-refractivity contribution in [2.75, 3.05) is 45.2 Å². The summed E-state index contributed by atoms with van der Waals surface area (Å²) in [6.45, 7) is 4.32. The highest BCUT2D eigenvalue weighted by Gasteiger charge is 2.37. The highest BCUT2D eigenvalue weighted by molar-refractivity contribution is 5.76. The molecule has 2 heterocycles. The van der Waals surface area contributed by atoms with Crippen LogP contribution in [0, 0.1) is 6.92 Å². The Morgan fingerprint density at radius 2 is 1.57 bits per heavy atom. The topological polar surface area (TPSA) is 61.8 Å². The number of halogens is 6. The standard InChI is InChI=1S/C27H27F6N5O2/c1-17-6-4-5-7-21(17)23-22(15-34-24(35-23)38-10-8-36(2)9-11-38)40-25(39)37(3)16-18-12-19(26(28,29)30)14-20(13-18)27(31,32)33/h4-7,12-15H,8-11,16H2,1-3H3. The molecule has 0 aliphatic carbocycles. The Morgan fingerprint density at radius 1 is 0.975 bits per heavy atom. The molecule has 0 spiro atoms. The molecule has 13 heteroatoms. The van der Waals surface area contributed by atoms with Crippen LogP contribution in [-0.4, -0.2) is 66.1 Å². The van der Waals surface area contributed by atoms with Gasteiger partial charge in [-0.2, -0.15) is 26.3 Å². The van der Waals surface area contributed by atoms with Gasteiger partial charge in [-0.05, 0) is 43.3 Å². The minimum atomic E-state index is -5.00. The van der Waals surface area contributed by atoms with Crippen LogP contribution in [0.5, 0.6) is 5.75 Å². The van der Waals surface area contributed by atoms with Crippen LogP contribution in [0.4, 0.5) is 37.1 Å². The van der Waals surface area contributed by atoms with E-state index in [9.17, 15) is 31.1 Å². The number of hydrogen-bond donors (Lipinski definition) is 0. The lowest BCUT2D eigenvalue weighted by Gasteiger charge is -2.32. The van der Waals surface area contributed by atoms with E-state index in [1.807, 2.05) is 31.0 Å². The smallest absolute Gasteiger partial charge is 0.406 e. The summed E-state index contributed by atoms with van der Waals surface area (Å²) in [6, 6.07) is 8.48. The van der Waals surface area contributed by atoms with Crippen LogP contribution in [-0.2, 0) is 18.9 Å². The molecule has 214 valence electrons. The number of carbonyl (C=O) groups is 1. The van der Waals surface area contributed by atoms with Gasteiger partial charge in [0.1, 0.15) is 5.69 Å². The first-order chi connectivity index (χ1) is 18.7. The van der Waals surface area contributed by atoms with Crippen molar-refractivity contribution in [3.8, 4) is 17.0 Å². The number of rotatable bonds is 5. The Balaban J connectivity index is 1.61. The molecule has 0 radical (unpaired) electrons. The predicted octanol–water partition coefficient (Wildman–Crippen LogP) is 5.87. The lowest BCUT2D eigenvalue weighted by molar-refractivity contribution is -0.143. The second-order valence-electron chi connectivity index (χ2n) is 9.63. The van der Waals surface area contributed by atoms with Crippen molar-refractivity contribution < 1.29 is 35.9 Å². The van der Waals surface area contributed by atoms with Gasteiger partial charge in [-0.1, -0.05) is 24.3 Å². The average Bonchev–Trinajstić information content (AvgIpc) is 2.88. The number of alkyl halides is 6. The molecule has 3 aromatic rings. The molecular weight excluding hydrogens is 540 g/mol. The second kappa shape index (κ2) is 11.3. The van der Waals surface area contributed by atoms with E-state index >= 15 is 0 Å². The third kappa shape index (κ3) is 6.82. The van der Waals surface area contributed by atoms with E-state index in [1.165, 1.54) is 13.2 Å². The number of nitrogens with zero attached hydrogens (tertiary/aromatic N) is 5. The molecule has 0 saturated carbocycles. The Morgan fingerprint density at radius 3 is 2.15 bits per heavy atom. The molecule has 1 saturated heterocycles. The molecular formula is C27H27F6N5O2. The third-order valence-electron chi connectivity index (χ3n) is 6.50. The summed E-state index contributed by atoms with van der Waals surface area (Å²) in [7, 11) is 3.22. The van der Waals surface area contributed by atoms with E-state index in [0.717, 1.165) is 23.6 Å². The molecule has 1 aromatic heterocycles. The van der Waals surface area contributed by atoms with Crippen LogP contribution < -0.4 is 9.64 Å². The number of likely N-dealkylation sites (N-methyl/N-ethyl adjacent to an activating group) is 1. The monoisotopic (exact) mass is 567 g/mol. The number of anilines is 1. The SMILES string of the molecule is Cc1ccccc1-c1nc(N2CCN(C)CC2)ncc1OC(=O)N(C)Cc1cc(C(F)(F)F)cc(C(F)(F)F)c1. The quantitative estimate of drug-likeness (QED) is 0.360. The number of aryl methyl sites for hydroxylation is 1. The third-order valence-corrected chi connectivity index (χ3v) is 6.50. The van der Waals surface area contributed by atoms with Gasteiger partial charge in [-0.3, -0.25) is 0 Å². The van der Waals surface area contributed by atoms with Crippen molar-refractivity contribution in [2.45, 2.75) is 25.8 Å². The molecule has 7 nitrogen and oxygen atoms in total. The van der Waals surface area contributed by atoms with Gasteiger partial charge in [-0.25, -0.2) is 14.8 Å². The average molecular weight is 568 g/mol. The molecule has 0 unspecified atom stereocenters. The normalized spacial score (nSPS) is 14.8.